The van der Waals surface area contributed by atoms with Crippen molar-refractivity contribution in [3.63, 3.8) is 0 Å². The molecule has 0 aromatic rings. The van der Waals surface area contributed by atoms with E-state index < -0.39 is 22.7 Å². The van der Waals surface area contributed by atoms with Crippen LogP contribution in [0.2, 0.25) is 0 Å². The van der Waals surface area contributed by atoms with Gasteiger partial charge in [-0.15, -0.1) is 0 Å². The predicted octanol–water partition coefficient (Wildman–Crippen LogP) is 1.61. The van der Waals surface area contributed by atoms with E-state index in [1.807, 2.05) is 6.92 Å². The molecule has 6 nitrogen and oxygen atoms in total. The van der Waals surface area contributed by atoms with Gasteiger partial charge in [0.1, 0.15) is 11.2 Å². The van der Waals surface area contributed by atoms with Crippen LogP contribution in [-0.2, 0) is 14.3 Å². The molecule has 8 atom stereocenters. The Balaban J connectivity index is 1.86. The van der Waals surface area contributed by atoms with Crippen LogP contribution in [0.25, 0.3) is 0 Å². The summed E-state index contributed by atoms with van der Waals surface area (Å²) in [5.41, 5.74) is -3.47. The number of carbonyl (C=O) groups is 2. The smallest absolute Gasteiger partial charge is 0.303 e. The lowest BCUT2D eigenvalue weighted by Gasteiger charge is -2.51. The SMILES string of the molecule is CC(=O)O[C@@]12C[C@@H](C)[C@@]3(O)[C@@H](C[C@H](CO)C[C@]4(O)C(=O)C(C)=C[C@@H]34)[C@H]1C2(C)C. The molecule has 0 saturated heterocycles. The highest BCUT2D eigenvalue weighted by Crippen LogP contribution is 2.77. The topological polar surface area (TPSA) is 104 Å². The van der Waals surface area contributed by atoms with Crippen LogP contribution in [0.15, 0.2) is 11.6 Å². The molecule has 6 heteroatoms. The van der Waals surface area contributed by atoms with E-state index in [1.54, 1.807) is 13.0 Å². The third-order valence-electron chi connectivity index (χ3n) is 8.63. The molecular formula is C22H32O6. The molecule has 3 saturated carbocycles. The Hall–Kier alpha value is -1.24. The van der Waals surface area contributed by atoms with Crippen molar-refractivity contribution in [1.82, 2.24) is 0 Å². The summed E-state index contributed by atoms with van der Waals surface area (Å²) in [5, 5.41) is 33.5. The molecular weight excluding hydrogens is 360 g/mol. The first kappa shape index (κ1) is 20.0. The van der Waals surface area contributed by atoms with Crippen molar-refractivity contribution in [2.75, 3.05) is 6.61 Å². The van der Waals surface area contributed by atoms with Crippen molar-refractivity contribution in [1.29, 1.82) is 0 Å². The molecule has 0 aliphatic heterocycles. The van der Waals surface area contributed by atoms with Gasteiger partial charge in [0.15, 0.2) is 5.78 Å². The Bertz CT molecular complexity index is 771. The van der Waals surface area contributed by atoms with Gasteiger partial charge in [-0.3, -0.25) is 9.59 Å². The molecule has 3 N–H and O–H groups in total. The number of Topliss-reactive ketones (excluding diaryl/α,β-unsaturated/α-hetero) is 1. The number of hydrogen-bond donors (Lipinski definition) is 3. The second-order valence-electron chi connectivity index (χ2n) is 10.4. The number of fused-ring (bicyclic) bond motifs is 5. The van der Waals surface area contributed by atoms with Crippen molar-refractivity contribution >= 4 is 11.8 Å². The number of ketones is 1. The first-order chi connectivity index (χ1) is 12.9. The number of aliphatic hydroxyl groups excluding tert-OH is 1. The Morgan fingerprint density at radius 1 is 1.29 bits per heavy atom. The molecule has 0 unspecified atom stereocenters. The quantitative estimate of drug-likeness (QED) is 0.617. The third kappa shape index (κ3) is 2.14. The van der Waals surface area contributed by atoms with Gasteiger partial charge in [0.25, 0.3) is 0 Å². The average molecular weight is 392 g/mol. The fourth-order valence-electron chi connectivity index (χ4n) is 7.38. The number of ether oxygens (including phenoxy) is 1. The van der Waals surface area contributed by atoms with Gasteiger partial charge < -0.3 is 20.1 Å². The molecule has 0 heterocycles. The lowest BCUT2D eigenvalue weighted by Crippen LogP contribution is -2.61. The third-order valence-corrected chi connectivity index (χ3v) is 8.63. The van der Waals surface area contributed by atoms with Gasteiger partial charge in [0.05, 0.1) is 5.60 Å². The van der Waals surface area contributed by atoms with Gasteiger partial charge >= 0.3 is 5.97 Å². The fraction of sp³-hybridized carbons (Fsp3) is 0.818. The summed E-state index contributed by atoms with van der Waals surface area (Å²) < 4.78 is 5.86. The molecule has 4 rings (SSSR count). The van der Waals surface area contributed by atoms with Gasteiger partial charge in [-0.2, -0.15) is 0 Å². The lowest BCUT2D eigenvalue weighted by molar-refractivity contribution is -0.190. The van der Waals surface area contributed by atoms with Crippen molar-refractivity contribution in [2.45, 2.75) is 70.7 Å². The number of aliphatic hydroxyl groups is 3. The Kier molecular flexibility index (Phi) is 4.06. The maximum Gasteiger partial charge on any atom is 0.303 e. The minimum Gasteiger partial charge on any atom is -0.458 e. The minimum absolute atomic E-state index is 0.0779. The summed E-state index contributed by atoms with van der Waals surface area (Å²) in [4.78, 5) is 24.7. The summed E-state index contributed by atoms with van der Waals surface area (Å²) in [6.07, 6.45) is 2.86. The molecule has 0 aromatic carbocycles. The van der Waals surface area contributed by atoms with Crippen LogP contribution in [0.4, 0.5) is 0 Å². The highest BCUT2D eigenvalue weighted by molar-refractivity contribution is 6.04. The van der Waals surface area contributed by atoms with Gasteiger partial charge in [0, 0.05) is 30.8 Å². The molecule has 0 radical (unpaired) electrons. The maximum atomic E-state index is 12.8. The highest BCUT2D eigenvalue weighted by Gasteiger charge is 2.83. The summed E-state index contributed by atoms with van der Waals surface area (Å²) in [6, 6.07) is 0. The van der Waals surface area contributed by atoms with Crippen molar-refractivity contribution in [3.05, 3.63) is 11.6 Å². The minimum atomic E-state index is -1.68. The predicted molar refractivity (Wildman–Crippen MR) is 101 cm³/mol. The van der Waals surface area contributed by atoms with E-state index in [2.05, 4.69) is 13.8 Å². The number of hydrogen-bond acceptors (Lipinski definition) is 6. The van der Waals surface area contributed by atoms with Gasteiger partial charge in [-0.25, -0.2) is 0 Å². The number of carbonyl (C=O) groups excluding carboxylic acids is 2. The average Bonchev–Trinajstić information content (AvgIpc) is 2.99. The first-order valence-electron chi connectivity index (χ1n) is 10.3. The van der Waals surface area contributed by atoms with E-state index in [9.17, 15) is 24.9 Å². The van der Waals surface area contributed by atoms with Crippen molar-refractivity contribution in [3.8, 4) is 0 Å². The van der Waals surface area contributed by atoms with Crippen molar-refractivity contribution < 1.29 is 29.6 Å². The second-order valence-corrected chi connectivity index (χ2v) is 10.4. The summed E-state index contributed by atoms with van der Waals surface area (Å²) in [7, 11) is 0. The van der Waals surface area contributed by atoms with E-state index in [4.69, 9.17) is 4.74 Å². The summed E-state index contributed by atoms with van der Waals surface area (Å²) in [6.45, 7) is 8.98. The van der Waals surface area contributed by atoms with Crippen LogP contribution in [0.5, 0.6) is 0 Å². The van der Waals surface area contributed by atoms with E-state index in [0.717, 1.165) is 0 Å². The van der Waals surface area contributed by atoms with Gasteiger partial charge in [-0.05, 0) is 49.5 Å². The van der Waals surface area contributed by atoms with Crippen molar-refractivity contribution in [2.24, 2.45) is 35.0 Å². The van der Waals surface area contributed by atoms with Gasteiger partial charge in [-0.1, -0.05) is 26.8 Å². The van der Waals surface area contributed by atoms with Crippen LogP contribution in [0.3, 0.4) is 0 Å². The van der Waals surface area contributed by atoms with Crippen LogP contribution in [0.1, 0.15) is 53.9 Å². The summed E-state index contributed by atoms with van der Waals surface area (Å²) >= 11 is 0. The zero-order valence-electron chi connectivity index (χ0n) is 17.4. The fourth-order valence-corrected chi connectivity index (χ4v) is 7.38. The maximum absolute atomic E-state index is 12.8. The Labute approximate surface area is 166 Å². The van der Waals surface area contributed by atoms with Crippen LogP contribution >= 0.6 is 0 Å². The zero-order chi connectivity index (χ0) is 20.9. The second kappa shape index (κ2) is 5.67. The molecule has 4 aliphatic rings. The highest BCUT2D eigenvalue weighted by atomic mass is 16.6. The monoisotopic (exact) mass is 392 g/mol. The van der Waals surface area contributed by atoms with E-state index in [-0.39, 0.29) is 53.9 Å². The molecule has 28 heavy (non-hydrogen) atoms. The van der Waals surface area contributed by atoms with Gasteiger partial charge in [0.2, 0.25) is 0 Å². The molecule has 0 spiro atoms. The standard InChI is InChI=1S/C22H32O6/c1-11-6-16-20(26,18(11)25)9-14(10-23)7-15-17-19(4,5)21(17,28-13(3)24)8-12(2)22(15,16)27/h6,12,14-17,23,26-27H,7-10H2,1-5H3/t12-,14+,15+,16-,17+,20-,21+,22-/m1/s1. The molecule has 156 valence electrons. The number of rotatable bonds is 2. The normalized spacial score (nSPS) is 51.4. The molecule has 0 aromatic heterocycles. The molecule has 0 amide bonds. The molecule has 4 aliphatic carbocycles. The molecule has 3 fully saturated rings. The van der Waals surface area contributed by atoms with Crippen LogP contribution in [-0.4, -0.2) is 50.5 Å². The number of esters is 1. The zero-order valence-corrected chi connectivity index (χ0v) is 17.4. The largest absolute Gasteiger partial charge is 0.458 e. The lowest BCUT2D eigenvalue weighted by atomic mass is 9.59. The van der Waals surface area contributed by atoms with E-state index >= 15 is 0 Å². The van der Waals surface area contributed by atoms with Crippen LogP contribution < -0.4 is 0 Å². The van der Waals surface area contributed by atoms with Crippen LogP contribution in [0, 0.1) is 35.0 Å². The molecule has 0 bridgehead atoms. The Morgan fingerprint density at radius 3 is 2.50 bits per heavy atom. The first-order valence-corrected chi connectivity index (χ1v) is 10.3. The van der Waals surface area contributed by atoms with E-state index in [0.29, 0.717) is 18.4 Å². The Morgan fingerprint density at radius 2 is 1.93 bits per heavy atom. The summed E-state index contributed by atoms with van der Waals surface area (Å²) in [5.74, 6) is -2.32. The van der Waals surface area contributed by atoms with E-state index in [1.165, 1.54) is 6.92 Å².